The van der Waals surface area contributed by atoms with Crippen molar-refractivity contribution < 1.29 is 0 Å². The molecule has 0 aliphatic heterocycles. The summed E-state index contributed by atoms with van der Waals surface area (Å²) in [7, 11) is 0. The Balaban J connectivity index is 1.63. The standard InChI is InChI=1S/C28H43N/c1-3-5-6-7-8-9-10-11-12-24(4-2)13-14-25-15-17-26(18-16-25)23-27-19-21-28(29)22-20-27/h15-22,24H,3-14,23,29H2,1-2H3. The van der Waals surface area contributed by atoms with E-state index in [0.717, 1.165) is 18.0 Å². The number of anilines is 1. The highest BCUT2D eigenvalue weighted by molar-refractivity contribution is 5.40. The van der Waals surface area contributed by atoms with Crippen LogP contribution in [0, 0.1) is 5.92 Å². The van der Waals surface area contributed by atoms with Gasteiger partial charge >= 0.3 is 0 Å². The highest BCUT2D eigenvalue weighted by atomic mass is 14.5. The van der Waals surface area contributed by atoms with Gasteiger partial charge in [-0.3, -0.25) is 0 Å². The van der Waals surface area contributed by atoms with Crippen LogP contribution < -0.4 is 5.73 Å². The molecule has 2 N–H and O–H groups in total. The van der Waals surface area contributed by atoms with Crippen molar-refractivity contribution in [3.63, 3.8) is 0 Å². The zero-order valence-corrected chi connectivity index (χ0v) is 19.0. The molecular weight excluding hydrogens is 350 g/mol. The van der Waals surface area contributed by atoms with E-state index in [-0.39, 0.29) is 0 Å². The van der Waals surface area contributed by atoms with Crippen LogP contribution in [0.5, 0.6) is 0 Å². The van der Waals surface area contributed by atoms with Crippen molar-refractivity contribution in [2.75, 3.05) is 5.73 Å². The number of benzene rings is 2. The van der Waals surface area contributed by atoms with E-state index >= 15 is 0 Å². The summed E-state index contributed by atoms with van der Waals surface area (Å²) in [5, 5.41) is 0. The molecule has 0 radical (unpaired) electrons. The molecule has 0 aliphatic rings. The van der Waals surface area contributed by atoms with Gasteiger partial charge in [-0.15, -0.1) is 0 Å². The predicted molar refractivity (Wildman–Crippen MR) is 129 cm³/mol. The molecule has 160 valence electrons. The molecule has 1 heteroatoms. The van der Waals surface area contributed by atoms with Crippen LogP contribution in [-0.2, 0) is 12.8 Å². The molecule has 1 nitrogen and oxygen atoms in total. The van der Waals surface area contributed by atoms with Gasteiger partial charge in [0.15, 0.2) is 0 Å². The maximum Gasteiger partial charge on any atom is 0.0314 e. The van der Waals surface area contributed by atoms with Crippen LogP contribution >= 0.6 is 0 Å². The minimum Gasteiger partial charge on any atom is -0.399 e. The third kappa shape index (κ3) is 10.0. The Morgan fingerprint density at radius 3 is 1.72 bits per heavy atom. The summed E-state index contributed by atoms with van der Waals surface area (Å²) in [5.74, 6) is 0.893. The van der Waals surface area contributed by atoms with Gasteiger partial charge in [-0.2, -0.15) is 0 Å². The molecule has 0 spiro atoms. The first-order valence-corrected chi connectivity index (χ1v) is 12.1. The lowest BCUT2D eigenvalue weighted by molar-refractivity contribution is 0.411. The molecule has 1 atom stereocenters. The fraction of sp³-hybridized carbons (Fsp3) is 0.571. The van der Waals surface area contributed by atoms with Crippen LogP contribution in [0.25, 0.3) is 0 Å². The molecular formula is C28H43N. The van der Waals surface area contributed by atoms with Crippen molar-refractivity contribution in [2.24, 2.45) is 5.92 Å². The lowest BCUT2D eigenvalue weighted by Gasteiger charge is -2.15. The molecule has 2 rings (SSSR count). The van der Waals surface area contributed by atoms with Crippen molar-refractivity contribution >= 4 is 5.69 Å². The van der Waals surface area contributed by atoms with Crippen LogP contribution in [0.15, 0.2) is 48.5 Å². The van der Waals surface area contributed by atoms with Gasteiger partial charge in [0.25, 0.3) is 0 Å². The molecule has 2 aromatic carbocycles. The smallest absolute Gasteiger partial charge is 0.0314 e. The first-order chi connectivity index (χ1) is 14.2. The van der Waals surface area contributed by atoms with Gasteiger partial charge in [-0.05, 0) is 54.0 Å². The van der Waals surface area contributed by atoms with Crippen molar-refractivity contribution in [2.45, 2.75) is 97.3 Å². The summed E-state index contributed by atoms with van der Waals surface area (Å²) in [5.41, 5.74) is 10.8. The van der Waals surface area contributed by atoms with Crippen molar-refractivity contribution in [1.29, 1.82) is 0 Å². The quantitative estimate of drug-likeness (QED) is 0.239. The van der Waals surface area contributed by atoms with Crippen LogP contribution in [0.3, 0.4) is 0 Å². The number of aryl methyl sites for hydroxylation is 1. The van der Waals surface area contributed by atoms with Crippen LogP contribution in [-0.4, -0.2) is 0 Å². The molecule has 0 saturated heterocycles. The monoisotopic (exact) mass is 393 g/mol. The van der Waals surface area contributed by atoms with E-state index in [1.165, 1.54) is 93.7 Å². The maximum atomic E-state index is 5.78. The Labute approximate surface area is 180 Å². The summed E-state index contributed by atoms with van der Waals surface area (Å²) >= 11 is 0. The Bertz CT molecular complexity index is 641. The number of nitrogens with two attached hydrogens (primary N) is 1. The average Bonchev–Trinajstić information content (AvgIpc) is 2.75. The predicted octanol–water partition coefficient (Wildman–Crippen LogP) is 8.35. The fourth-order valence-electron chi connectivity index (χ4n) is 4.19. The third-order valence-electron chi connectivity index (χ3n) is 6.30. The number of hydrogen-bond acceptors (Lipinski definition) is 1. The normalized spacial score (nSPS) is 12.2. The van der Waals surface area contributed by atoms with E-state index in [9.17, 15) is 0 Å². The number of hydrogen-bond donors (Lipinski definition) is 1. The van der Waals surface area contributed by atoms with Crippen LogP contribution in [0.4, 0.5) is 5.69 Å². The van der Waals surface area contributed by atoms with Crippen molar-refractivity contribution in [3.8, 4) is 0 Å². The first kappa shape index (κ1) is 23.5. The zero-order chi connectivity index (χ0) is 20.7. The largest absolute Gasteiger partial charge is 0.399 e. The molecule has 0 aliphatic carbocycles. The van der Waals surface area contributed by atoms with Crippen molar-refractivity contribution in [3.05, 3.63) is 65.2 Å². The second-order valence-corrected chi connectivity index (χ2v) is 8.81. The topological polar surface area (TPSA) is 26.0 Å². The highest BCUT2D eigenvalue weighted by Crippen LogP contribution is 2.21. The maximum absolute atomic E-state index is 5.78. The molecule has 2 aromatic rings. The van der Waals surface area contributed by atoms with E-state index in [1.807, 2.05) is 12.1 Å². The summed E-state index contributed by atoms with van der Waals surface area (Å²) in [6.07, 6.45) is 17.7. The highest BCUT2D eigenvalue weighted by Gasteiger charge is 2.07. The molecule has 0 heterocycles. The number of rotatable bonds is 15. The average molecular weight is 394 g/mol. The zero-order valence-electron chi connectivity index (χ0n) is 19.0. The van der Waals surface area contributed by atoms with Gasteiger partial charge in [0.2, 0.25) is 0 Å². The Kier molecular flexibility index (Phi) is 11.6. The van der Waals surface area contributed by atoms with E-state index < -0.39 is 0 Å². The SMILES string of the molecule is CCCCCCCCCCC(CC)CCc1ccc(Cc2ccc(N)cc2)cc1. The molecule has 0 aromatic heterocycles. The van der Waals surface area contributed by atoms with Gasteiger partial charge in [0, 0.05) is 5.69 Å². The van der Waals surface area contributed by atoms with Crippen LogP contribution in [0.2, 0.25) is 0 Å². The van der Waals surface area contributed by atoms with Crippen LogP contribution in [0.1, 0.15) is 101 Å². The minimum absolute atomic E-state index is 0.835. The van der Waals surface area contributed by atoms with Gasteiger partial charge < -0.3 is 5.73 Å². The summed E-state index contributed by atoms with van der Waals surface area (Å²) in [6.45, 7) is 4.66. The number of nitrogen functional groups attached to an aromatic ring is 1. The second-order valence-electron chi connectivity index (χ2n) is 8.81. The third-order valence-corrected chi connectivity index (χ3v) is 6.30. The van der Waals surface area contributed by atoms with E-state index in [2.05, 4.69) is 50.2 Å². The Hall–Kier alpha value is -1.76. The van der Waals surface area contributed by atoms with Gasteiger partial charge in [-0.25, -0.2) is 0 Å². The van der Waals surface area contributed by atoms with E-state index in [0.29, 0.717) is 0 Å². The Morgan fingerprint density at radius 1 is 0.621 bits per heavy atom. The minimum atomic E-state index is 0.835. The second kappa shape index (κ2) is 14.3. The Morgan fingerprint density at radius 2 is 1.14 bits per heavy atom. The molecule has 0 bridgehead atoms. The molecule has 29 heavy (non-hydrogen) atoms. The van der Waals surface area contributed by atoms with Gasteiger partial charge in [0.05, 0.1) is 0 Å². The van der Waals surface area contributed by atoms with E-state index in [4.69, 9.17) is 5.73 Å². The van der Waals surface area contributed by atoms with Gasteiger partial charge in [-0.1, -0.05) is 114 Å². The molecule has 0 amide bonds. The molecule has 1 unspecified atom stereocenters. The summed E-state index contributed by atoms with van der Waals surface area (Å²) in [6, 6.07) is 17.5. The summed E-state index contributed by atoms with van der Waals surface area (Å²) in [4.78, 5) is 0. The summed E-state index contributed by atoms with van der Waals surface area (Å²) < 4.78 is 0. The van der Waals surface area contributed by atoms with Gasteiger partial charge in [0.1, 0.15) is 0 Å². The van der Waals surface area contributed by atoms with E-state index in [1.54, 1.807) is 0 Å². The molecule has 0 saturated carbocycles. The lowest BCUT2D eigenvalue weighted by atomic mass is 9.91. The number of unbranched alkanes of at least 4 members (excludes halogenated alkanes) is 7. The lowest BCUT2D eigenvalue weighted by Crippen LogP contribution is -2.01. The molecule has 0 fully saturated rings. The van der Waals surface area contributed by atoms with Crippen molar-refractivity contribution in [1.82, 2.24) is 0 Å². The fourth-order valence-corrected chi connectivity index (χ4v) is 4.19. The first-order valence-electron chi connectivity index (χ1n) is 12.1.